The van der Waals surface area contributed by atoms with Crippen LogP contribution in [0, 0.1) is 22.7 Å². The number of carbonyl (C=O) groups excluding carboxylic acids is 1. The van der Waals surface area contributed by atoms with Crippen LogP contribution < -0.4 is 9.80 Å². The van der Waals surface area contributed by atoms with Gasteiger partial charge in [-0.1, -0.05) is 54.1 Å². The summed E-state index contributed by atoms with van der Waals surface area (Å²) in [5, 5.41) is 30.3. The monoisotopic (exact) mass is 496 g/mol. The summed E-state index contributed by atoms with van der Waals surface area (Å²) in [5.41, 5.74) is 1.84. The van der Waals surface area contributed by atoms with Gasteiger partial charge in [0, 0.05) is 47.0 Å². The smallest absolute Gasteiger partial charge is 0.257 e. The van der Waals surface area contributed by atoms with Gasteiger partial charge in [0.2, 0.25) is 0 Å². The van der Waals surface area contributed by atoms with Crippen molar-refractivity contribution in [2.45, 2.75) is 25.0 Å². The second-order valence-corrected chi connectivity index (χ2v) is 8.98. The standard InChI is InChI=1S/C29H25ClN4O2/c30-25-10-14-27(15-11-25)34-28(35)23(21-29(34,36)24-6-2-1-3-7-24)20-22-8-12-26(13-9-22)33(18-4-16-31)19-5-17-32/h1-3,6-15,20,36H,4-5,18-19,21H2/b23-20+. The molecular formula is C29H25ClN4O2. The molecule has 3 aromatic carbocycles. The maximum atomic E-state index is 13.6. The largest absolute Gasteiger partial charge is 0.369 e. The van der Waals surface area contributed by atoms with Crippen LogP contribution in [0.5, 0.6) is 0 Å². The van der Waals surface area contributed by atoms with Crippen LogP contribution in [0.4, 0.5) is 11.4 Å². The summed E-state index contributed by atoms with van der Waals surface area (Å²) in [7, 11) is 0. The molecule has 7 heteroatoms. The van der Waals surface area contributed by atoms with Gasteiger partial charge in [0.15, 0.2) is 5.72 Å². The molecule has 1 N–H and O–H groups in total. The van der Waals surface area contributed by atoms with Gasteiger partial charge in [0.1, 0.15) is 0 Å². The molecule has 3 aromatic rings. The quantitative estimate of drug-likeness (QED) is 0.407. The third-order valence-electron chi connectivity index (χ3n) is 6.19. The van der Waals surface area contributed by atoms with E-state index in [0.29, 0.717) is 47.8 Å². The minimum absolute atomic E-state index is 0.122. The van der Waals surface area contributed by atoms with Crippen LogP contribution in [0.2, 0.25) is 5.02 Å². The molecule has 1 fully saturated rings. The zero-order valence-electron chi connectivity index (χ0n) is 19.6. The Morgan fingerprint density at radius 2 is 1.56 bits per heavy atom. The van der Waals surface area contributed by atoms with Crippen molar-refractivity contribution in [2.24, 2.45) is 0 Å². The first kappa shape index (κ1) is 25.0. The molecule has 0 aromatic heterocycles. The number of hydrogen-bond donors (Lipinski definition) is 1. The third-order valence-corrected chi connectivity index (χ3v) is 6.44. The number of rotatable bonds is 8. The first-order valence-corrected chi connectivity index (χ1v) is 12.0. The van der Waals surface area contributed by atoms with Gasteiger partial charge >= 0.3 is 0 Å². The van der Waals surface area contributed by atoms with Crippen molar-refractivity contribution < 1.29 is 9.90 Å². The van der Waals surface area contributed by atoms with E-state index in [4.69, 9.17) is 22.1 Å². The van der Waals surface area contributed by atoms with Crippen LogP contribution in [0.3, 0.4) is 0 Å². The van der Waals surface area contributed by atoms with E-state index in [1.54, 1.807) is 30.3 Å². The van der Waals surface area contributed by atoms with Crippen molar-refractivity contribution in [2.75, 3.05) is 22.9 Å². The Morgan fingerprint density at radius 3 is 2.14 bits per heavy atom. The van der Waals surface area contributed by atoms with Gasteiger partial charge in [-0.25, -0.2) is 0 Å². The number of nitrogens with zero attached hydrogens (tertiary/aromatic N) is 4. The minimum atomic E-state index is -1.54. The topological polar surface area (TPSA) is 91.4 Å². The lowest BCUT2D eigenvalue weighted by Crippen LogP contribution is -2.43. The summed E-state index contributed by atoms with van der Waals surface area (Å²) < 4.78 is 0. The number of halogens is 1. The first-order valence-electron chi connectivity index (χ1n) is 11.6. The highest BCUT2D eigenvalue weighted by molar-refractivity contribution is 6.30. The molecule has 1 saturated heterocycles. The SMILES string of the molecule is N#CCCN(CCC#N)c1ccc(/C=C2\CC(O)(c3ccccc3)N(c3ccc(Cl)cc3)C2=O)cc1. The Balaban J connectivity index is 1.66. The molecule has 4 rings (SSSR count). The molecule has 1 heterocycles. The number of amides is 1. The fourth-order valence-electron chi connectivity index (χ4n) is 4.42. The summed E-state index contributed by atoms with van der Waals surface area (Å²) in [6, 6.07) is 27.9. The van der Waals surface area contributed by atoms with Gasteiger partial charge < -0.3 is 10.0 Å². The summed E-state index contributed by atoms with van der Waals surface area (Å²) in [5.74, 6) is -0.280. The van der Waals surface area contributed by atoms with Gasteiger partial charge in [-0.15, -0.1) is 0 Å². The van der Waals surface area contributed by atoms with Gasteiger partial charge in [-0.2, -0.15) is 10.5 Å². The van der Waals surface area contributed by atoms with Gasteiger partial charge in [0.25, 0.3) is 5.91 Å². The minimum Gasteiger partial charge on any atom is -0.369 e. The molecule has 6 nitrogen and oxygen atoms in total. The lowest BCUT2D eigenvalue weighted by atomic mass is 9.97. The lowest BCUT2D eigenvalue weighted by molar-refractivity contribution is -0.116. The second kappa shape index (κ2) is 11.1. The first-order chi connectivity index (χ1) is 17.5. The fraction of sp³-hybridized carbons (Fsp3) is 0.207. The number of anilines is 2. The summed E-state index contributed by atoms with van der Waals surface area (Å²) in [6.45, 7) is 1.08. The van der Waals surface area contributed by atoms with Crippen molar-refractivity contribution in [1.82, 2.24) is 0 Å². The van der Waals surface area contributed by atoms with Crippen LogP contribution in [0.15, 0.2) is 84.4 Å². The van der Waals surface area contributed by atoms with Crippen LogP contribution in [0.25, 0.3) is 6.08 Å². The maximum Gasteiger partial charge on any atom is 0.257 e. The van der Waals surface area contributed by atoms with Crippen molar-refractivity contribution in [3.8, 4) is 12.1 Å². The van der Waals surface area contributed by atoms with Crippen molar-refractivity contribution in [3.05, 3.63) is 101 Å². The molecule has 1 aliphatic rings. The van der Waals surface area contributed by atoms with Crippen molar-refractivity contribution in [3.63, 3.8) is 0 Å². The number of carbonyl (C=O) groups is 1. The fourth-order valence-corrected chi connectivity index (χ4v) is 4.55. The Labute approximate surface area is 215 Å². The summed E-state index contributed by atoms with van der Waals surface area (Å²) in [6.07, 6.45) is 2.65. The molecule has 1 aliphatic heterocycles. The maximum absolute atomic E-state index is 13.6. The Morgan fingerprint density at radius 1 is 0.944 bits per heavy atom. The van der Waals surface area contributed by atoms with Crippen LogP contribution in [0.1, 0.15) is 30.4 Å². The number of aliphatic hydroxyl groups is 1. The van der Waals surface area contributed by atoms with Gasteiger partial charge in [0.05, 0.1) is 25.0 Å². The van der Waals surface area contributed by atoms with E-state index in [1.165, 1.54) is 4.90 Å². The van der Waals surface area contributed by atoms with Crippen molar-refractivity contribution >= 4 is 35.0 Å². The average Bonchev–Trinajstić information content (AvgIpc) is 3.16. The van der Waals surface area contributed by atoms with E-state index < -0.39 is 5.72 Å². The van der Waals surface area contributed by atoms with E-state index >= 15 is 0 Å². The Bertz CT molecular complexity index is 1310. The molecule has 0 radical (unpaired) electrons. The molecule has 0 aliphatic carbocycles. The summed E-state index contributed by atoms with van der Waals surface area (Å²) in [4.78, 5) is 17.0. The van der Waals surface area contributed by atoms with Gasteiger partial charge in [-0.05, 0) is 48.0 Å². The average molecular weight is 497 g/mol. The van der Waals surface area contributed by atoms with E-state index in [1.807, 2.05) is 59.5 Å². The molecular weight excluding hydrogens is 472 g/mol. The van der Waals surface area contributed by atoms with Gasteiger partial charge in [-0.3, -0.25) is 9.69 Å². The highest BCUT2D eigenvalue weighted by Crippen LogP contribution is 2.43. The molecule has 1 atom stereocenters. The van der Waals surface area contributed by atoms with E-state index in [2.05, 4.69) is 12.1 Å². The normalized spacial score (nSPS) is 18.2. The van der Waals surface area contributed by atoms with Crippen LogP contribution in [-0.2, 0) is 10.5 Å². The predicted molar refractivity (Wildman–Crippen MR) is 141 cm³/mol. The zero-order valence-corrected chi connectivity index (χ0v) is 20.4. The summed E-state index contributed by atoms with van der Waals surface area (Å²) >= 11 is 6.06. The molecule has 36 heavy (non-hydrogen) atoms. The Kier molecular flexibility index (Phi) is 7.71. The lowest BCUT2D eigenvalue weighted by Gasteiger charge is -2.33. The number of nitriles is 2. The third kappa shape index (κ3) is 5.26. The second-order valence-electron chi connectivity index (χ2n) is 8.54. The highest BCUT2D eigenvalue weighted by atomic mass is 35.5. The van der Waals surface area contributed by atoms with E-state index in [0.717, 1.165) is 11.3 Å². The molecule has 0 bridgehead atoms. The molecule has 1 amide bonds. The highest BCUT2D eigenvalue weighted by Gasteiger charge is 2.49. The molecule has 0 spiro atoms. The molecule has 1 unspecified atom stereocenters. The number of benzene rings is 3. The zero-order chi connectivity index (χ0) is 25.5. The van der Waals surface area contributed by atoms with Crippen molar-refractivity contribution in [1.29, 1.82) is 10.5 Å². The van der Waals surface area contributed by atoms with E-state index in [9.17, 15) is 9.90 Å². The van der Waals surface area contributed by atoms with E-state index in [-0.39, 0.29) is 12.3 Å². The van der Waals surface area contributed by atoms with Crippen LogP contribution in [-0.4, -0.2) is 24.1 Å². The molecule has 180 valence electrons. The predicted octanol–water partition coefficient (Wildman–Crippen LogP) is 5.64. The molecule has 0 saturated carbocycles. The Hall–Kier alpha value is -4.10. The van der Waals surface area contributed by atoms with Crippen LogP contribution >= 0.6 is 11.6 Å². The number of hydrogen-bond acceptors (Lipinski definition) is 5.